The van der Waals surface area contributed by atoms with Crippen molar-refractivity contribution in [2.75, 3.05) is 36.2 Å². The summed E-state index contributed by atoms with van der Waals surface area (Å²) in [4.78, 5) is 17.9. The van der Waals surface area contributed by atoms with Crippen LogP contribution in [0.25, 0.3) is 0 Å². The highest BCUT2D eigenvalue weighted by Gasteiger charge is 2.44. The quantitative estimate of drug-likeness (QED) is 0.593. The van der Waals surface area contributed by atoms with E-state index in [1.807, 2.05) is 0 Å². The molecule has 2 unspecified atom stereocenters. The van der Waals surface area contributed by atoms with Crippen molar-refractivity contribution < 1.29 is 40.1 Å². The zero-order valence-electron chi connectivity index (χ0n) is 17.9. The number of pyridine rings is 1. The molecule has 186 valence electrons. The molecule has 14 heteroatoms. The van der Waals surface area contributed by atoms with E-state index in [2.05, 4.69) is 10.3 Å². The number of halogens is 6. The van der Waals surface area contributed by atoms with Crippen LogP contribution < -0.4 is 10.2 Å². The first-order valence-electron chi connectivity index (χ1n) is 9.74. The highest BCUT2D eigenvalue weighted by Crippen LogP contribution is 2.37. The highest BCUT2D eigenvalue weighted by atomic mass is 32.2. The van der Waals surface area contributed by atoms with Crippen LogP contribution in [0.1, 0.15) is 21.5 Å². The summed E-state index contributed by atoms with van der Waals surface area (Å²) in [6.45, 7) is -0.224. The number of anilines is 2. The number of morpholine rings is 1. The number of rotatable bonds is 4. The topological polar surface area (TPSA) is 95.4 Å². The van der Waals surface area contributed by atoms with E-state index in [1.165, 1.54) is 24.3 Å². The van der Waals surface area contributed by atoms with Crippen LogP contribution in [0.4, 0.5) is 37.8 Å². The first kappa shape index (κ1) is 25.7. The van der Waals surface area contributed by atoms with Gasteiger partial charge in [-0.25, -0.2) is 14.0 Å². The summed E-state index contributed by atoms with van der Waals surface area (Å²) in [5, 5.41) is 2.38. The Labute approximate surface area is 191 Å². The summed E-state index contributed by atoms with van der Waals surface area (Å²) >= 11 is 0. The first-order valence-corrected chi connectivity index (χ1v) is 11.7. The predicted octanol–water partition coefficient (Wildman–Crippen LogP) is 4.46. The Kier molecular flexibility index (Phi) is 6.86. The number of hydrogen-bond donors (Lipinski definition) is 2. The fraction of sp³-hybridized carbons (Fsp3) is 0.400. The Hall–Kier alpha value is -2.87. The molecular weight excluding hydrogens is 490 g/mol. The largest absolute Gasteiger partial charge is 0.418 e. The van der Waals surface area contributed by atoms with E-state index in [4.69, 9.17) is 9.52 Å². The summed E-state index contributed by atoms with van der Waals surface area (Å²) in [5.41, 5.74) is -2.23. The maximum Gasteiger partial charge on any atom is 0.418 e. The number of hydrogen-bond acceptors (Lipinski definition) is 6. The van der Waals surface area contributed by atoms with Crippen LogP contribution in [0.3, 0.4) is 0 Å². The Morgan fingerprint density at radius 2 is 1.94 bits per heavy atom. The summed E-state index contributed by atoms with van der Waals surface area (Å²) in [6.07, 6.45) is -10.1. The number of carbonyl (C=O) groups is 1. The molecule has 1 aliphatic rings. The first-order chi connectivity index (χ1) is 15.6. The molecule has 2 atom stereocenters. The van der Waals surface area contributed by atoms with Crippen LogP contribution >= 0.6 is 0 Å². The van der Waals surface area contributed by atoms with Crippen molar-refractivity contribution in [3.05, 3.63) is 47.2 Å². The number of amides is 1. The number of benzene rings is 1. The lowest BCUT2D eigenvalue weighted by Gasteiger charge is -2.35. The average molecular weight is 510 g/mol. The van der Waals surface area contributed by atoms with Gasteiger partial charge in [-0.2, -0.15) is 26.3 Å². The average Bonchev–Trinajstić information content (AvgIpc) is 2.71. The van der Waals surface area contributed by atoms with E-state index in [-0.39, 0.29) is 29.6 Å². The molecule has 0 spiro atoms. The Morgan fingerprint density at radius 1 is 1.26 bits per heavy atom. The third kappa shape index (κ3) is 5.60. The van der Waals surface area contributed by atoms with Crippen molar-refractivity contribution in [2.24, 2.45) is 0 Å². The van der Waals surface area contributed by atoms with Crippen molar-refractivity contribution in [1.82, 2.24) is 4.98 Å². The Balaban J connectivity index is 2.06. The second-order valence-corrected chi connectivity index (χ2v) is 9.82. The van der Waals surface area contributed by atoms with Gasteiger partial charge in [-0.15, -0.1) is 0 Å². The van der Waals surface area contributed by atoms with E-state index in [0.29, 0.717) is 6.20 Å². The minimum atomic E-state index is -4.86. The minimum absolute atomic E-state index is 0.0437. The van der Waals surface area contributed by atoms with Crippen LogP contribution in [0, 0.1) is 11.7 Å². The van der Waals surface area contributed by atoms with Crippen LogP contribution in [-0.2, 0) is 20.6 Å². The Bertz CT molecular complexity index is 1200. The molecule has 0 radical (unpaired) electrons. The number of nitrogens with one attached hydrogen (secondary N) is 2. The molecular formula is C20H20F6N4O3S. The van der Waals surface area contributed by atoms with Crippen molar-refractivity contribution >= 4 is 27.1 Å². The molecule has 2 N–H and O–H groups in total. The van der Waals surface area contributed by atoms with Gasteiger partial charge in [0, 0.05) is 29.6 Å². The van der Waals surface area contributed by atoms with Crippen LogP contribution in [-0.4, -0.2) is 53.3 Å². The van der Waals surface area contributed by atoms with Gasteiger partial charge in [-0.05, 0) is 30.7 Å². The molecule has 3 rings (SSSR count). The molecule has 1 fully saturated rings. The predicted molar refractivity (Wildman–Crippen MR) is 111 cm³/mol. The summed E-state index contributed by atoms with van der Waals surface area (Å²) in [7, 11) is -3.15. The van der Waals surface area contributed by atoms with Gasteiger partial charge in [0.15, 0.2) is 6.10 Å². The number of aromatic nitrogens is 1. The molecule has 1 aromatic heterocycles. The molecule has 34 heavy (non-hydrogen) atoms. The van der Waals surface area contributed by atoms with Crippen LogP contribution in [0.5, 0.6) is 0 Å². The molecule has 2 aromatic rings. The lowest BCUT2D eigenvalue weighted by molar-refractivity contribution is -0.221. The van der Waals surface area contributed by atoms with Crippen molar-refractivity contribution in [3.63, 3.8) is 0 Å². The fourth-order valence-electron chi connectivity index (χ4n) is 3.44. The van der Waals surface area contributed by atoms with Crippen LogP contribution in [0.15, 0.2) is 35.4 Å². The van der Waals surface area contributed by atoms with E-state index in [1.54, 1.807) is 0 Å². The van der Waals surface area contributed by atoms with Gasteiger partial charge in [-0.1, -0.05) is 6.07 Å². The molecule has 0 saturated carbocycles. The molecule has 1 aromatic carbocycles. The van der Waals surface area contributed by atoms with E-state index in [9.17, 15) is 35.3 Å². The molecule has 7 nitrogen and oxygen atoms in total. The third-order valence-corrected chi connectivity index (χ3v) is 6.28. The highest BCUT2D eigenvalue weighted by molar-refractivity contribution is 7.91. The lowest BCUT2D eigenvalue weighted by Crippen LogP contribution is -2.50. The molecule has 2 heterocycles. The van der Waals surface area contributed by atoms with Crippen molar-refractivity contribution in [3.8, 4) is 0 Å². The number of alkyl halides is 6. The Morgan fingerprint density at radius 3 is 2.53 bits per heavy atom. The zero-order valence-corrected chi connectivity index (χ0v) is 18.7. The minimum Gasteiger partial charge on any atom is -0.365 e. The van der Waals surface area contributed by atoms with Crippen molar-refractivity contribution in [1.29, 1.82) is 4.78 Å². The maximum atomic E-state index is 13.5. The number of nitrogens with zero attached hydrogens (tertiary/aromatic N) is 2. The summed E-state index contributed by atoms with van der Waals surface area (Å²) in [6, 6.07) is 5.39. The summed E-state index contributed by atoms with van der Waals surface area (Å²) in [5.74, 6) is -1.40. The molecule has 1 aliphatic heterocycles. The van der Waals surface area contributed by atoms with Gasteiger partial charge in [-0.3, -0.25) is 4.79 Å². The SMILES string of the molecule is Cc1c(C(F)(F)F)cnc(N2CCOC(C(F)(F)F)C2)c1C(=O)Nc1cccc(S(C)(=N)=O)c1. The smallest absolute Gasteiger partial charge is 0.365 e. The van der Waals surface area contributed by atoms with Gasteiger partial charge >= 0.3 is 12.4 Å². The second kappa shape index (κ2) is 9.06. The van der Waals surface area contributed by atoms with Gasteiger partial charge in [0.05, 0.1) is 34.0 Å². The normalized spacial score (nSPS) is 18.9. The second-order valence-electron chi connectivity index (χ2n) is 7.67. The standard InChI is InChI=1S/C20H20F6N4O3S/c1-11-14(19(21,22)23)9-28-17(30-6-7-33-15(10-30)20(24,25)26)16(11)18(31)29-12-4-3-5-13(8-12)34(2,27)32/h3-5,8-9,15,27H,6-7,10H2,1-2H3,(H,29,31). The van der Waals surface area contributed by atoms with E-state index >= 15 is 0 Å². The molecule has 1 saturated heterocycles. The van der Waals surface area contributed by atoms with E-state index in [0.717, 1.165) is 18.1 Å². The summed E-state index contributed by atoms with van der Waals surface area (Å²) < 4.78 is 104. The van der Waals surface area contributed by atoms with Crippen molar-refractivity contribution in [2.45, 2.75) is 30.3 Å². The molecule has 1 amide bonds. The van der Waals surface area contributed by atoms with Gasteiger partial charge in [0.2, 0.25) is 0 Å². The van der Waals surface area contributed by atoms with Gasteiger partial charge in [0.25, 0.3) is 5.91 Å². The molecule has 0 bridgehead atoms. The van der Waals surface area contributed by atoms with Gasteiger partial charge < -0.3 is 15.0 Å². The monoisotopic (exact) mass is 510 g/mol. The van der Waals surface area contributed by atoms with Gasteiger partial charge in [0.1, 0.15) is 5.82 Å². The fourth-order valence-corrected chi connectivity index (χ4v) is 4.13. The number of carbonyl (C=O) groups excluding carboxylic acids is 1. The third-order valence-electron chi connectivity index (χ3n) is 5.12. The van der Waals surface area contributed by atoms with Crippen LogP contribution in [0.2, 0.25) is 0 Å². The number of ether oxygens (including phenoxy) is 1. The lowest BCUT2D eigenvalue weighted by atomic mass is 10.0. The maximum absolute atomic E-state index is 13.5. The van der Waals surface area contributed by atoms with E-state index < -0.39 is 57.3 Å². The zero-order chi connectivity index (χ0) is 25.5. The molecule has 0 aliphatic carbocycles.